The Morgan fingerprint density at radius 3 is 2.15 bits per heavy atom. The number of hydrogen-bond acceptors (Lipinski definition) is 5. The van der Waals surface area contributed by atoms with Crippen LogP contribution in [-0.2, 0) is 7.05 Å². The van der Waals surface area contributed by atoms with E-state index in [1.54, 1.807) is 27.7 Å². The van der Waals surface area contributed by atoms with Crippen molar-refractivity contribution in [3.8, 4) is 22.6 Å². The SMILES string of the molecule is [2H]C(C)(C)c1nc(-c2ccc(-c3c(C)ccc4c3oc3nc(C)ccc34)[n+](C)c2)nc(C([2H])(C)C)n1. The van der Waals surface area contributed by atoms with Gasteiger partial charge in [-0.2, -0.15) is 0 Å². The molecule has 0 bridgehead atoms. The van der Waals surface area contributed by atoms with Gasteiger partial charge in [-0.1, -0.05) is 39.8 Å². The van der Waals surface area contributed by atoms with E-state index in [0.29, 0.717) is 23.2 Å². The van der Waals surface area contributed by atoms with E-state index in [4.69, 9.17) is 7.16 Å². The zero-order chi connectivity index (χ0) is 26.0. The van der Waals surface area contributed by atoms with Crippen LogP contribution < -0.4 is 4.57 Å². The van der Waals surface area contributed by atoms with E-state index in [1.165, 1.54) is 0 Å². The van der Waals surface area contributed by atoms with Gasteiger partial charge < -0.3 is 4.42 Å². The van der Waals surface area contributed by atoms with Crippen molar-refractivity contribution in [1.29, 1.82) is 0 Å². The Hall–Kier alpha value is -3.67. The highest BCUT2D eigenvalue weighted by Crippen LogP contribution is 2.36. The molecule has 0 atom stereocenters. The summed E-state index contributed by atoms with van der Waals surface area (Å²) in [5.41, 5.74) is 6.23. The van der Waals surface area contributed by atoms with Crippen LogP contribution >= 0.6 is 0 Å². The molecule has 0 aliphatic rings. The van der Waals surface area contributed by atoms with Crippen LogP contribution in [0.5, 0.6) is 0 Å². The minimum atomic E-state index is -1.01. The van der Waals surface area contributed by atoms with Crippen molar-refractivity contribution >= 4 is 22.1 Å². The molecule has 4 heterocycles. The molecule has 34 heavy (non-hydrogen) atoms. The molecule has 0 N–H and O–H groups in total. The quantitative estimate of drug-likeness (QED) is 0.303. The van der Waals surface area contributed by atoms with Crippen molar-refractivity contribution in [3.63, 3.8) is 0 Å². The summed E-state index contributed by atoms with van der Waals surface area (Å²) in [4.78, 5) is 18.2. The second-order valence-electron chi connectivity index (χ2n) is 9.26. The predicted molar refractivity (Wildman–Crippen MR) is 135 cm³/mol. The average Bonchev–Trinajstić information content (AvgIpc) is 3.15. The van der Waals surface area contributed by atoms with Crippen LogP contribution in [0.1, 0.15) is 65.1 Å². The molecular formula is C28H30N5O+. The molecule has 1 aromatic carbocycles. The third-order valence-corrected chi connectivity index (χ3v) is 6.03. The van der Waals surface area contributed by atoms with E-state index < -0.39 is 11.8 Å². The smallest absolute Gasteiger partial charge is 0.227 e. The van der Waals surface area contributed by atoms with Crippen molar-refractivity contribution in [1.82, 2.24) is 19.9 Å². The van der Waals surface area contributed by atoms with E-state index in [2.05, 4.69) is 45.1 Å². The van der Waals surface area contributed by atoms with E-state index >= 15 is 0 Å². The summed E-state index contributed by atoms with van der Waals surface area (Å²) in [6, 6.07) is 12.3. The molecule has 0 aliphatic carbocycles. The van der Waals surface area contributed by atoms with Gasteiger partial charge >= 0.3 is 0 Å². The van der Waals surface area contributed by atoms with Crippen LogP contribution in [0.3, 0.4) is 0 Å². The number of benzene rings is 1. The van der Waals surface area contributed by atoms with Crippen molar-refractivity contribution < 1.29 is 11.7 Å². The first-order chi connectivity index (χ1) is 16.8. The van der Waals surface area contributed by atoms with E-state index in [9.17, 15) is 0 Å². The maximum atomic E-state index is 8.45. The van der Waals surface area contributed by atoms with Crippen molar-refractivity contribution in [3.05, 3.63) is 65.5 Å². The average molecular weight is 455 g/mol. The summed E-state index contributed by atoms with van der Waals surface area (Å²) in [6.07, 6.45) is 1.97. The van der Waals surface area contributed by atoms with Crippen molar-refractivity contribution in [2.24, 2.45) is 7.05 Å². The van der Waals surface area contributed by atoms with Crippen molar-refractivity contribution in [2.75, 3.05) is 0 Å². The van der Waals surface area contributed by atoms with Crippen LogP contribution in [0, 0.1) is 13.8 Å². The molecule has 6 heteroatoms. The van der Waals surface area contributed by atoms with Crippen LogP contribution in [0.25, 0.3) is 44.7 Å². The van der Waals surface area contributed by atoms with Crippen LogP contribution in [-0.4, -0.2) is 19.9 Å². The van der Waals surface area contributed by atoms with E-state index in [-0.39, 0.29) is 0 Å². The number of hydrogen-bond donors (Lipinski definition) is 0. The van der Waals surface area contributed by atoms with E-state index in [1.807, 2.05) is 42.9 Å². The van der Waals surface area contributed by atoms with Gasteiger partial charge in [0.05, 0.1) is 11.1 Å². The Balaban J connectivity index is 1.68. The van der Waals surface area contributed by atoms with Gasteiger partial charge in [-0.25, -0.2) is 24.5 Å². The summed E-state index contributed by atoms with van der Waals surface area (Å²) < 4.78 is 25.2. The Bertz CT molecular complexity index is 1610. The molecule has 5 aromatic rings. The number of furan rings is 1. The van der Waals surface area contributed by atoms with Gasteiger partial charge in [0, 0.05) is 37.1 Å². The van der Waals surface area contributed by atoms with Gasteiger partial charge in [0.1, 0.15) is 18.7 Å². The third kappa shape index (κ3) is 3.73. The molecular weight excluding hydrogens is 422 g/mol. The van der Waals surface area contributed by atoms with Gasteiger partial charge in [-0.3, -0.25) is 0 Å². The minimum absolute atomic E-state index is 0.347. The van der Waals surface area contributed by atoms with Gasteiger partial charge in [0.15, 0.2) is 17.6 Å². The van der Waals surface area contributed by atoms with Crippen LogP contribution in [0.2, 0.25) is 0 Å². The Morgan fingerprint density at radius 2 is 1.50 bits per heavy atom. The number of aromatic nitrogens is 5. The molecule has 172 valence electrons. The molecule has 0 saturated carbocycles. The summed E-state index contributed by atoms with van der Waals surface area (Å²) in [5, 5.41) is 2.03. The summed E-state index contributed by atoms with van der Waals surface area (Å²) >= 11 is 0. The second-order valence-corrected chi connectivity index (χ2v) is 9.26. The van der Waals surface area contributed by atoms with Gasteiger partial charge in [-0.15, -0.1) is 0 Å². The fraction of sp³-hybridized carbons (Fsp3) is 0.321. The molecule has 0 aliphatic heterocycles. The predicted octanol–water partition coefficient (Wildman–Crippen LogP) is 6.19. The molecule has 0 saturated heterocycles. The topological polar surface area (TPSA) is 68.6 Å². The highest BCUT2D eigenvalue weighted by molar-refractivity contribution is 6.08. The largest absolute Gasteiger partial charge is 0.437 e. The minimum Gasteiger partial charge on any atom is -0.437 e. The fourth-order valence-corrected chi connectivity index (χ4v) is 4.18. The molecule has 6 nitrogen and oxygen atoms in total. The highest BCUT2D eigenvalue weighted by atomic mass is 16.3. The van der Waals surface area contributed by atoms with Gasteiger partial charge in [-0.05, 0) is 37.6 Å². The Labute approximate surface area is 202 Å². The zero-order valence-electron chi connectivity index (χ0n) is 22.7. The molecule has 0 spiro atoms. The van der Waals surface area contributed by atoms with Crippen LogP contribution in [0.4, 0.5) is 0 Å². The van der Waals surface area contributed by atoms with Gasteiger partial charge in [0.2, 0.25) is 11.4 Å². The molecule has 4 aromatic heterocycles. The molecule has 0 radical (unpaired) electrons. The summed E-state index contributed by atoms with van der Waals surface area (Å²) in [6.45, 7) is 11.0. The number of nitrogens with zero attached hydrogens (tertiary/aromatic N) is 5. The summed E-state index contributed by atoms with van der Waals surface area (Å²) in [5.74, 6) is -0.878. The van der Waals surface area contributed by atoms with E-state index in [0.717, 1.165) is 44.4 Å². The second kappa shape index (κ2) is 8.28. The monoisotopic (exact) mass is 454 g/mol. The maximum absolute atomic E-state index is 8.45. The lowest BCUT2D eigenvalue weighted by Crippen LogP contribution is -2.31. The first-order valence-corrected chi connectivity index (χ1v) is 11.4. The Kier molecular flexibility index (Phi) is 4.81. The number of pyridine rings is 2. The maximum Gasteiger partial charge on any atom is 0.227 e. The number of fused-ring (bicyclic) bond motifs is 3. The lowest BCUT2D eigenvalue weighted by Gasteiger charge is -2.11. The highest BCUT2D eigenvalue weighted by Gasteiger charge is 2.22. The molecule has 0 fully saturated rings. The lowest BCUT2D eigenvalue weighted by atomic mass is 10.0. The first-order valence-electron chi connectivity index (χ1n) is 12.4. The fourth-order valence-electron chi connectivity index (χ4n) is 4.18. The molecule has 0 unspecified atom stereocenters. The van der Waals surface area contributed by atoms with Gasteiger partial charge in [0.25, 0.3) is 0 Å². The Morgan fingerprint density at radius 1 is 0.824 bits per heavy atom. The zero-order valence-corrected chi connectivity index (χ0v) is 20.7. The molecule has 0 amide bonds. The lowest BCUT2D eigenvalue weighted by molar-refractivity contribution is -0.659. The van der Waals surface area contributed by atoms with Crippen LogP contribution in [0.15, 0.2) is 47.0 Å². The summed E-state index contributed by atoms with van der Waals surface area (Å²) in [7, 11) is 1.98. The molecule has 5 rings (SSSR count). The normalized spacial score (nSPS) is 13.4. The first kappa shape index (κ1) is 19.8. The van der Waals surface area contributed by atoms with Crippen molar-refractivity contribution in [2.45, 2.75) is 53.3 Å². The third-order valence-electron chi connectivity index (χ3n) is 6.03. The number of rotatable bonds is 4. The standard InChI is InChI=1S/C28H30N5O/c1-15(2)25-30-26(16(3)4)32-27(31-25)19-10-13-22(33(7)14-19)23-17(5)8-11-20-21-12-9-18(6)29-28(21)34-24(20)23/h8-16H,1-7H3/q+1/i15D,16D. The number of aryl methyl sites for hydroxylation is 3.